The van der Waals surface area contributed by atoms with Crippen molar-refractivity contribution in [3.63, 3.8) is 0 Å². The maximum atomic E-state index is 13.1. The summed E-state index contributed by atoms with van der Waals surface area (Å²) < 4.78 is 22.9. The van der Waals surface area contributed by atoms with Gasteiger partial charge in [0, 0.05) is 22.3 Å². The first-order chi connectivity index (χ1) is 14.3. The number of nitrogens with zero attached hydrogens (tertiary/aromatic N) is 2. The van der Waals surface area contributed by atoms with Gasteiger partial charge in [-0.25, -0.2) is 13.4 Å². The summed E-state index contributed by atoms with van der Waals surface area (Å²) in [4.78, 5) is 28.2. The van der Waals surface area contributed by atoms with Gasteiger partial charge in [0.15, 0.2) is 0 Å². The number of anilines is 1. The molecule has 1 aliphatic carbocycles. The van der Waals surface area contributed by atoms with Gasteiger partial charge >= 0.3 is 0 Å². The average Bonchev–Trinajstić information content (AvgIpc) is 3.21. The van der Waals surface area contributed by atoms with Crippen molar-refractivity contribution in [1.29, 1.82) is 0 Å². The quantitative estimate of drug-likeness (QED) is 0.322. The normalized spacial score (nSPS) is 15.3. The fraction of sp³-hybridized carbons (Fsp3) is 0.400. The monoisotopic (exact) mass is 495 g/mol. The number of nitrogens with one attached hydrogen (secondary N) is 1. The fourth-order valence-corrected chi connectivity index (χ4v) is 4.66. The minimum absolute atomic E-state index is 0.120. The Morgan fingerprint density at radius 1 is 1.27 bits per heavy atom. The van der Waals surface area contributed by atoms with Crippen LogP contribution in [0.3, 0.4) is 0 Å². The molecule has 3 rings (SSSR count). The Morgan fingerprint density at radius 2 is 2.00 bits per heavy atom. The van der Waals surface area contributed by atoms with Gasteiger partial charge in [-0.3, -0.25) is 14.9 Å². The highest BCUT2D eigenvalue weighted by molar-refractivity contribution is 9.10. The number of hydrogen-bond donors (Lipinski definition) is 2. The molecule has 0 radical (unpaired) electrons. The van der Waals surface area contributed by atoms with Gasteiger partial charge in [-0.05, 0) is 46.0 Å². The van der Waals surface area contributed by atoms with Crippen molar-refractivity contribution in [3.05, 3.63) is 62.2 Å². The molecule has 30 heavy (non-hydrogen) atoms. The van der Waals surface area contributed by atoms with Crippen LogP contribution in [0.15, 0.2) is 41.0 Å². The lowest BCUT2D eigenvalue weighted by Gasteiger charge is -2.21. The van der Waals surface area contributed by atoms with E-state index in [2.05, 4.69) is 26.2 Å². The minimum atomic E-state index is -2.80. The van der Waals surface area contributed by atoms with Gasteiger partial charge in [0.05, 0.1) is 16.6 Å². The van der Waals surface area contributed by atoms with Crippen LogP contribution in [-0.4, -0.2) is 24.2 Å². The lowest BCUT2D eigenvalue weighted by atomic mass is 9.86. The Morgan fingerprint density at radius 3 is 2.60 bits per heavy atom. The number of benzene rings is 1. The molecule has 0 saturated heterocycles. The first-order valence-electron chi connectivity index (χ1n) is 9.65. The second-order valence-electron chi connectivity index (χ2n) is 7.43. The van der Waals surface area contributed by atoms with Crippen LogP contribution in [0.25, 0.3) is 0 Å². The van der Waals surface area contributed by atoms with Crippen LogP contribution in [0.1, 0.15) is 49.1 Å². The van der Waals surface area contributed by atoms with Crippen molar-refractivity contribution in [1.82, 2.24) is 4.98 Å². The third-order valence-electron chi connectivity index (χ3n) is 5.35. The van der Waals surface area contributed by atoms with Crippen LogP contribution in [0.2, 0.25) is 0 Å². The van der Waals surface area contributed by atoms with Gasteiger partial charge in [-0.15, -0.1) is 0 Å². The standard InChI is InChI=1S/C20H22BrN3O5S/c21-16-7-8-19(22-11-16)23-20(25)17(9-13-3-1-2-4-13)14-5-6-15(12-30(28)29)18(10-14)24(26)27/h5-8,10-11,13,17,30H,1-4,9,12H2,(H,22,23,25). The predicted molar refractivity (Wildman–Crippen MR) is 117 cm³/mol. The highest BCUT2D eigenvalue weighted by Gasteiger charge is 2.29. The molecule has 1 saturated carbocycles. The summed E-state index contributed by atoms with van der Waals surface area (Å²) in [5.41, 5.74) is 0.347. The Labute approximate surface area is 184 Å². The summed E-state index contributed by atoms with van der Waals surface area (Å²) in [6.45, 7) is 0. The molecule has 0 aliphatic heterocycles. The number of carbonyl (C=O) groups is 1. The summed E-state index contributed by atoms with van der Waals surface area (Å²) >= 11 is 3.30. The molecule has 2 aromatic rings. The zero-order valence-corrected chi connectivity index (χ0v) is 18.6. The molecule has 1 aliphatic rings. The Balaban J connectivity index is 1.92. The van der Waals surface area contributed by atoms with Crippen LogP contribution in [0.5, 0.6) is 0 Å². The predicted octanol–water partition coefficient (Wildman–Crippen LogP) is 4.17. The molecule has 1 aromatic carbocycles. The number of nitro benzene ring substituents is 1. The minimum Gasteiger partial charge on any atom is -0.310 e. The van der Waals surface area contributed by atoms with Crippen LogP contribution < -0.4 is 5.32 Å². The van der Waals surface area contributed by atoms with Crippen molar-refractivity contribution in [3.8, 4) is 0 Å². The molecule has 1 atom stereocenters. The van der Waals surface area contributed by atoms with Gasteiger partial charge in [0.2, 0.25) is 5.91 Å². The van der Waals surface area contributed by atoms with Gasteiger partial charge in [0.1, 0.15) is 16.5 Å². The third-order valence-corrected chi connectivity index (χ3v) is 6.41. The number of hydrogen-bond acceptors (Lipinski definition) is 6. The largest absolute Gasteiger partial charge is 0.310 e. The number of rotatable bonds is 8. The third kappa shape index (κ3) is 5.85. The van der Waals surface area contributed by atoms with E-state index in [9.17, 15) is 23.3 Å². The fourth-order valence-electron chi connectivity index (χ4n) is 3.88. The maximum Gasteiger partial charge on any atom is 0.273 e. The number of halogens is 1. The van der Waals surface area contributed by atoms with Gasteiger partial charge in [-0.2, -0.15) is 0 Å². The van der Waals surface area contributed by atoms with Gasteiger partial charge < -0.3 is 5.32 Å². The molecule has 160 valence electrons. The molecule has 10 heteroatoms. The van der Waals surface area contributed by atoms with Crippen molar-refractivity contribution in [2.24, 2.45) is 5.92 Å². The van der Waals surface area contributed by atoms with E-state index >= 15 is 0 Å². The summed E-state index contributed by atoms with van der Waals surface area (Å²) in [6.07, 6.45) is 6.43. The second-order valence-corrected chi connectivity index (χ2v) is 9.32. The van der Waals surface area contributed by atoms with Crippen LogP contribution >= 0.6 is 15.9 Å². The van der Waals surface area contributed by atoms with Gasteiger partial charge in [-0.1, -0.05) is 37.8 Å². The molecule has 1 aromatic heterocycles. The average molecular weight is 496 g/mol. The Kier molecular flexibility index (Phi) is 7.54. The molecule has 1 amide bonds. The molecule has 0 spiro atoms. The van der Waals surface area contributed by atoms with Crippen LogP contribution in [-0.2, 0) is 21.3 Å². The molecule has 1 N–H and O–H groups in total. The smallest absolute Gasteiger partial charge is 0.273 e. The zero-order chi connectivity index (χ0) is 21.7. The number of amides is 1. The SMILES string of the molecule is O=C(Nc1ccc(Br)cn1)C(CC1CCCC1)c1ccc(C[SH](=O)=O)c([N+](=O)[O-])c1. The van der Waals surface area contributed by atoms with Crippen molar-refractivity contribution >= 4 is 44.0 Å². The summed E-state index contributed by atoms with van der Waals surface area (Å²) in [7, 11) is -2.80. The Hall–Kier alpha value is -2.33. The van der Waals surface area contributed by atoms with E-state index in [1.165, 1.54) is 12.1 Å². The number of pyridine rings is 1. The van der Waals surface area contributed by atoms with Crippen molar-refractivity contribution in [2.75, 3.05) is 5.32 Å². The van der Waals surface area contributed by atoms with E-state index in [0.717, 1.165) is 30.2 Å². The lowest BCUT2D eigenvalue weighted by molar-refractivity contribution is -0.385. The molecule has 8 nitrogen and oxygen atoms in total. The number of nitro groups is 1. The van der Waals surface area contributed by atoms with Crippen LogP contribution in [0, 0.1) is 16.0 Å². The van der Waals surface area contributed by atoms with E-state index < -0.39 is 27.3 Å². The van der Waals surface area contributed by atoms with E-state index in [1.807, 2.05) is 0 Å². The summed E-state index contributed by atoms with van der Waals surface area (Å²) in [5.74, 6) is -0.516. The van der Waals surface area contributed by atoms with E-state index in [4.69, 9.17) is 0 Å². The van der Waals surface area contributed by atoms with Crippen molar-refractivity contribution in [2.45, 2.75) is 43.8 Å². The van der Waals surface area contributed by atoms with Crippen molar-refractivity contribution < 1.29 is 18.1 Å². The first kappa shape index (κ1) is 22.4. The number of aromatic nitrogens is 1. The van der Waals surface area contributed by atoms with Gasteiger partial charge in [0.25, 0.3) is 5.69 Å². The Bertz CT molecular complexity index is 996. The molecule has 0 bridgehead atoms. The summed E-state index contributed by atoms with van der Waals surface area (Å²) in [5, 5.41) is 14.3. The lowest BCUT2D eigenvalue weighted by Crippen LogP contribution is -2.23. The highest BCUT2D eigenvalue weighted by atomic mass is 79.9. The molecular formula is C20H22BrN3O5S. The first-order valence-corrected chi connectivity index (χ1v) is 11.8. The summed E-state index contributed by atoms with van der Waals surface area (Å²) in [6, 6.07) is 7.83. The van der Waals surface area contributed by atoms with E-state index in [1.54, 1.807) is 24.4 Å². The molecule has 1 fully saturated rings. The number of thiol groups is 1. The molecular weight excluding hydrogens is 474 g/mol. The zero-order valence-electron chi connectivity index (χ0n) is 16.1. The van der Waals surface area contributed by atoms with Crippen LogP contribution in [0.4, 0.5) is 11.5 Å². The molecule has 1 unspecified atom stereocenters. The maximum absolute atomic E-state index is 13.1. The number of carbonyl (C=O) groups excluding carboxylic acids is 1. The highest BCUT2D eigenvalue weighted by Crippen LogP contribution is 2.36. The topological polar surface area (TPSA) is 119 Å². The second kappa shape index (κ2) is 10.1. The van der Waals surface area contributed by atoms with E-state index in [-0.39, 0.29) is 17.2 Å². The van der Waals surface area contributed by atoms with E-state index in [0.29, 0.717) is 23.7 Å². The molecule has 1 heterocycles.